The Kier molecular flexibility index (Phi) is 4.39. The molecule has 1 aromatic rings. The number of rotatable bonds is 5. The van der Waals surface area contributed by atoms with E-state index < -0.39 is 12.0 Å². The zero-order valence-electron chi connectivity index (χ0n) is 8.11. The van der Waals surface area contributed by atoms with Gasteiger partial charge in [0, 0.05) is 17.8 Å². The van der Waals surface area contributed by atoms with Gasteiger partial charge in [-0.3, -0.25) is 4.79 Å². The molecule has 1 unspecified atom stereocenters. The van der Waals surface area contributed by atoms with Crippen molar-refractivity contribution in [2.75, 3.05) is 17.7 Å². The minimum absolute atomic E-state index is 0.187. The van der Waals surface area contributed by atoms with E-state index in [2.05, 4.69) is 5.32 Å². The summed E-state index contributed by atoms with van der Waals surface area (Å²) in [5.74, 6) is -0.269. The monoisotopic (exact) mass is 228 g/mol. The smallest absolute Gasteiger partial charge is 0.248 e. The number of halogens is 1. The van der Waals surface area contributed by atoms with Crippen LogP contribution in [0.5, 0.6) is 0 Å². The zero-order chi connectivity index (χ0) is 11.3. The van der Waals surface area contributed by atoms with Gasteiger partial charge < -0.3 is 16.2 Å². The molecule has 0 heterocycles. The second-order valence-electron chi connectivity index (χ2n) is 3.13. The molecule has 0 fully saturated rings. The van der Waals surface area contributed by atoms with Crippen molar-refractivity contribution in [2.45, 2.75) is 6.10 Å². The summed E-state index contributed by atoms with van der Waals surface area (Å²) in [6.07, 6.45) is -0.581. The third-order valence-electron chi connectivity index (χ3n) is 1.89. The maximum Gasteiger partial charge on any atom is 0.248 e. The van der Waals surface area contributed by atoms with Crippen molar-refractivity contribution >= 4 is 23.2 Å². The van der Waals surface area contributed by atoms with E-state index in [0.29, 0.717) is 12.1 Å². The molecule has 4 nitrogen and oxygen atoms in total. The van der Waals surface area contributed by atoms with Crippen LogP contribution in [0.2, 0.25) is 0 Å². The first-order valence-corrected chi connectivity index (χ1v) is 5.04. The van der Waals surface area contributed by atoms with Crippen molar-refractivity contribution in [2.24, 2.45) is 5.73 Å². The molecule has 0 spiro atoms. The maximum atomic E-state index is 10.8. The predicted molar refractivity (Wildman–Crippen MR) is 60.2 cm³/mol. The van der Waals surface area contributed by atoms with Crippen LogP contribution in [0.4, 0.5) is 5.69 Å². The first kappa shape index (κ1) is 11.8. The molecule has 0 aromatic heterocycles. The molecule has 1 aromatic carbocycles. The first-order valence-electron chi connectivity index (χ1n) is 4.51. The summed E-state index contributed by atoms with van der Waals surface area (Å²) in [5.41, 5.74) is 6.36. The topological polar surface area (TPSA) is 75.4 Å². The third kappa shape index (κ3) is 3.77. The van der Waals surface area contributed by atoms with Crippen LogP contribution in [0.1, 0.15) is 10.4 Å². The van der Waals surface area contributed by atoms with E-state index in [1.54, 1.807) is 24.3 Å². The molecular weight excluding hydrogens is 216 g/mol. The van der Waals surface area contributed by atoms with Crippen molar-refractivity contribution in [1.29, 1.82) is 0 Å². The van der Waals surface area contributed by atoms with Crippen molar-refractivity contribution in [3.05, 3.63) is 29.8 Å². The lowest BCUT2D eigenvalue weighted by atomic mass is 10.2. The fraction of sp³-hybridized carbons (Fsp3) is 0.300. The molecule has 0 bridgehead atoms. The van der Waals surface area contributed by atoms with Gasteiger partial charge in [0.25, 0.3) is 0 Å². The zero-order valence-corrected chi connectivity index (χ0v) is 8.87. The number of aliphatic hydroxyl groups excluding tert-OH is 1. The second kappa shape index (κ2) is 5.58. The molecule has 0 aliphatic heterocycles. The van der Waals surface area contributed by atoms with Gasteiger partial charge in [-0.05, 0) is 24.3 Å². The summed E-state index contributed by atoms with van der Waals surface area (Å²) in [6, 6.07) is 6.69. The van der Waals surface area contributed by atoms with Gasteiger partial charge in [0.05, 0.1) is 12.0 Å². The van der Waals surface area contributed by atoms with Crippen LogP contribution in [0.3, 0.4) is 0 Å². The molecule has 1 atom stereocenters. The Morgan fingerprint density at radius 1 is 1.47 bits per heavy atom. The normalized spacial score (nSPS) is 12.1. The van der Waals surface area contributed by atoms with Crippen molar-refractivity contribution in [3.8, 4) is 0 Å². The fourth-order valence-electron chi connectivity index (χ4n) is 1.04. The lowest BCUT2D eigenvalue weighted by Gasteiger charge is -2.09. The number of amides is 1. The van der Waals surface area contributed by atoms with E-state index >= 15 is 0 Å². The van der Waals surface area contributed by atoms with Crippen LogP contribution in [-0.4, -0.2) is 29.5 Å². The number of nitrogens with one attached hydrogen (secondary N) is 1. The highest BCUT2D eigenvalue weighted by Gasteiger charge is 2.02. The number of aliphatic hydroxyl groups is 1. The fourth-order valence-corrected chi connectivity index (χ4v) is 1.15. The van der Waals surface area contributed by atoms with E-state index in [1.165, 1.54) is 0 Å². The highest BCUT2D eigenvalue weighted by Crippen LogP contribution is 2.09. The van der Waals surface area contributed by atoms with E-state index in [1.807, 2.05) is 0 Å². The van der Waals surface area contributed by atoms with E-state index in [-0.39, 0.29) is 5.88 Å². The summed E-state index contributed by atoms with van der Waals surface area (Å²) in [6.45, 7) is 0.374. The Morgan fingerprint density at radius 3 is 2.53 bits per heavy atom. The SMILES string of the molecule is NC(=O)c1ccc(NCC(O)CCl)cc1. The van der Waals surface area contributed by atoms with Crippen LogP contribution in [-0.2, 0) is 0 Å². The molecule has 1 rings (SSSR count). The van der Waals surface area contributed by atoms with Crippen molar-refractivity contribution < 1.29 is 9.90 Å². The number of primary amides is 1. The largest absolute Gasteiger partial charge is 0.390 e. The van der Waals surface area contributed by atoms with Gasteiger partial charge in [0.2, 0.25) is 5.91 Å². The Morgan fingerprint density at radius 2 is 2.07 bits per heavy atom. The maximum absolute atomic E-state index is 10.8. The number of hydrogen-bond acceptors (Lipinski definition) is 3. The number of anilines is 1. The van der Waals surface area contributed by atoms with Crippen LogP contribution in [0.15, 0.2) is 24.3 Å². The Balaban J connectivity index is 2.53. The molecule has 5 heteroatoms. The van der Waals surface area contributed by atoms with Gasteiger partial charge >= 0.3 is 0 Å². The number of carbonyl (C=O) groups excluding carboxylic acids is 1. The van der Waals surface area contributed by atoms with Crippen molar-refractivity contribution in [3.63, 3.8) is 0 Å². The highest BCUT2D eigenvalue weighted by molar-refractivity contribution is 6.18. The van der Waals surface area contributed by atoms with Gasteiger partial charge in [0.1, 0.15) is 0 Å². The Hall–Kier alpha value is -1.26. The molecule has 0 saturated carbocycles. The summed E-state index contributed by atoms with van der Waals surface area (Å²) >= 11 is 5.43. The minimum Gasteiger partial charge on any atom is -0.390 e. The molecule has 0 radical (unpaired) electrons. The van der Waals surface area contributed by atoms with E-state index in [9.17, 15) is 9.90 Å². The predicted octanol–water partition coefficient (Wildman–Crippen LogP) is 0.797. The van der Waals surface area contributed by atoms with Gasteiger partial charge in [-0.2, -0.15) is 0 Å². The number of hydrogen-bond donors (Lipinski definition) is 3. The van der Waals surface area contributed by atoms with Gasteiger partial charge in [-0.15, -0.1) is 11.6 Å². The summed E-state index contributed by atoms with van der Waals surface area (Å²) in [7, 11) is 0. The lowest BCUT2D eigenvalue weighted by Crippen LogP contribution is -2.20. The Bertz CT molecular complexity index is 327. The quantitative estimate of drug-likeness (QED) is 0.653. The second-order valence-corrected chi connectivity index (χ2v) is 3.44. The standard InChI is InChI=1S/C10H13ClN2O2/c11-5-9(14)6-13-8-3-1-7(2-4-8)10(12)15/h1-4,9,13-14H,5-6H2,(H2,12,15). The average molecular weight is 229 g/mol. The van der Waals surface area contributed by atoms with Gasteiger partial charge in [0.15, 0.2) is 0 Å². The summed E-state index contributed by atoms with van der Waals surface area (Å²) < 4.78 is 0. The number of carbonyl (C=O) groups is 1. The molecular formula is C10H13ClN2O2. The molecule has 4 N–H and O–H groups in total. The lowest BCUT2D eigenvalue weighted by molar-refractivity contribution is 0.100. The summed E-state index contributed by atoms with van der Waals surface area (Å²) in [4.78, 5) is 10.8. The summed E-state index contributed by atoms with van der Waals surface area (Å²) in [5, 5.41) is 12.2. The Labute approximate surface area is 93.0 Å². The minimum atomic E-state index is -0.581. The number of benzene rings is 1. The number of alkyl halides is 1. The molecule has 0 aliphatic carbocycles. The molecule has 0 saturated heterocycles. The van der Waals surface area contributed by atoms with Crippen molar-refractivity contribution in [1.82, 2.24) is 0 Å². The third-order valence-corrected chi connectivity index (χ3v) is 2.25. The van der Waals surface area contributed by atoms with Crippen LogP contribution in [0.25, 0.3) is 0 Å². The van der Waals surface area contributed by atoms with Crippen LogP contribution < -0.4 is 11.1 Å². The van der Waals surface area contributed by atoms with E-state index in [0.717, 1.165) is 5.69 Å². The number of nitrogens with two attached hydrogens (primary N) is 1. The van der Waals surface area contributed by atoms with E-state index in [4.69, 9.17) is 17.3 Å². The van der Waals surface area contributed by atoms with Gasteiger partial charge in [-0.25, -0.2) is 0 Å². The van der Waals surface area contributed by atoms with Crippen LogP contribution >= 0.6 is 11.6 Å². The van der Waals surface area contributed by atoms with Gasteiger partial charge in [-0.1, -0.05) is 0 Å². The average Bonchev–Trinajstić information content (AvgIpc) is 2.26. The first-order chi connectivity index (χ1) is 7.13. The molecule has 15 heavy (non-hydrogen) atoms. The molecule has 0 aliphatic rings. The molecule has 1 amide bonds. The van der Waals surface area contributed by atoms with Crippen LogP contribution in [0, 0.1) is 0 Å². The molecule has 82 valence electrons. The highest BCUT2D eigenvalue weighted by atomic mass is 35.5.